The number of aromatic nitrogens is 1. The lowest BCUT2D eigenvalue weighted by Crippen LogP contribution is -2.30. The Morgan fingerprint density at radius 1 is 1.38 bits per heavy atom. The quantitative estimate of drug-likeness (QED) is 0.850. The molecule has 0 spiro atoms. The third kappa shape index (κ3) is 4.39. The van der Waals surface area contributed by atoms with Crippen LogP contribution in [-0.2, 0) is 11.3 Å². The van der Waals surface area contributed by atoms with Gasteiger partial charge in [-0.15, -0.1) is 0 Å². The Labute approximate surface area is 122 Å². The molecule has 0 atom stereocenters. The monoisotopic (exact) mass is 292 g/mol. The molecule has 0 unspecified atom stereocenters. The summed E-state index contributed by atoms with van der Waals surface area (Å²) >= 11 is 0. The van der Waals surface area contributed by atoms with Gasteiger partial charge in [-0.2, -0.15) is 0 Å². The van der Waals surface area contributed by atoms with Gasteiger partial charge in [0.05, 0.1) is 12.2 Å². The highest BCUT2D eigenvalue weighted by molar-refractivity contribution is 5.69. The van der Waals surface area contributed by atoms with Crippen molar-refractivity contribution in [2.24, 2.45) is 0 Å². The van der Waals surface area contributed by atoms with E-state index in [2.05, 4.69) is 4.98 Å². The SMILES string of the molecule is CCCN(CC(=O)O)Cc1coc(-c2ccc(F)cc2)n1. The number of carboxylic acid groups (broad SMARTS) is 1. The van der Waals surface area contributed by atoms with Crippen LogP contribution in [0.25, 0.3) is 11.5 Å². The van der Waals surface area contributed by atoms with Crippen LogP contribution in [0.15, 0.2) is 34.9 Å². The predicted octanol–water partition coefficient (Wildman–Crippen LogP) is 2.78. The Bertz CT molecular complexity index is 595. The second kappa shape index (κ2) is 6.99. The Kier molecular flexibility index (Phi) is 5.05. The molecule has 0 radical (unpaired) electrons. The van der Waals surface area contributed by atoms with E-state index in [0.29, 0.717) is 30.2 Å². The number of benzene rings is 1. The van der Waals surface area contributed by atoms with Crippen molar-refractivity contribution in [3.63, 3.8) is 0 Å². The summed E-state index contributed by atoms with van der Waals surface area (Å²) in [6.07, 6.45) is 2.36. The van der Waals surface area contributed by atoms with Crippen molar-refractivity contribution in [3.05, 3.63) is 42.0 Å². The van der Waals surface area contributed by atoms with Crippen LogP contribution < -0.4 is 0 Å². The zero-order valence-corrected chi connectivity index (χ0v) is 11.8. The molecule has 0 aliphatic carbocycles. The topological polar surface area (TPSA) is 66.6 Å². The number of aliphatic carboxylic acids is 1. The molecule has 2 rings (SSSR count). The Morgan fingerprint density at radius 2 is 2.10 bits per heavy atom. The van der Waals surface area contributed by atoms with Crippen LogP contribution in [0.1, 0.15) is 19.0 Å². The van der Waals surface area contributed by atoms with Crippen LogP contribution in [0.3, 0.4) is 0 Å². The van der Waals surface area contributed by atoms with Crippen molar-refractivity contribution in [2.45, 2.75) is 19.9 Å². The van der Waals surface area contributed by atoms with Crippen molar-refractivity contribution in [1.29, 1.82) is 0 Å². The normalized spacial score (nSPS) is 11.0. The van der Waals surface area contributed by atoms with Crippen molar-refractivity contribution < 1.29 is 18.7 Å². The predicted molar refractivity (Wildman–Crippen MR) is 75.1 cm³/mol. The molecule has 21 heavy (non-hydrogen) atoms. The van der Waals surface area contributed by atoms with Gasteiger partial charge >= 0.3 is 5.97 Å². The molecule has 0 aliphatic rings. The van der Waals surface area contributed by atoms with E-state index in [1.807, 2.05) is 6.92 Å². The Balaban J connectivity index is 2.07. The van der Waals surface area contributed by atoms with Gasteiger partial charge in [0.25, 0.3) is 0 Å². The van der Waals surface area contributed by atoms with E-state index in [4.69, 9.17) is 9.52 Å². The fraction of sp³-hybridized carbons (Fsp3) is 0.333. The molecular formula is C15H17FN2O3. The summed E-state index contributed by atoms with van der Waals surface area (Å²) in [6, 6.07) is 5.86. The number of rotatable bonds is 7. The summed E-state index contributed by atoms with van der Waals surface area (Å²) in [6.45, 7) is 3.03. The van der Waals surface area contributed by atoms with Crippen molar-refractivity contribution in [1.82, 2.24) is 9.88 Å². The highest BCUT2D eigenvalue weighted by Crippen LogP contribution is 2.19. The number of halogens is 1. The Hall–Kier alpha value is -2.21. The summed E-state index contributed by atoms with van der Waals surface area (Å²) in [5, 5.41) is 8.88. The van der Waals surface area contributed by atoms with Crippen molar-refractivity contribution in [2.75, 3.05) is 13.1 Å². The van der Waals surface area contributed by atoms with E-state index in [1.54, 1.807) is 17.0 Å². The lowest BCUT2D eigenvalue weighted by Gasteiger charge is -2.17. The minimum Gasteiger partial charge on any atom is -0.480 e. The van der Waals surface area contributed by atoms with Crippen LogP contribution in [0, 0.1) is 5.82 Å². The smallest absolute Gasteiger partial charge is 0.317 e. The van der Waals surface area contributed by atoms with Gasteiger partial charge in [-0.05, 0) is 37.2 Å². The van der Waals surface area contributed by atoms with Crippen LogP contribution >= 0.6 is 0 Å². The largest absolute Gasteiger partial charge is 0.480 e. The number of nitrogens with zero attached hydrogens (tertiary/aromatic N) is 2. The minimum absolute atomic E-state index is 0.0351. The molecule has 0 amide bonds. The molecule has 0 fully saturated rings. The molecule has 0 saturated heterocycles. The molecule has 112 valence electrons. The van der Waals surface area contributed by atoms with Crippen LogP contribution in [0.4, 0.5) is 4.39 Å². The molecule has 1 aromatic carbocycles. The van der Waals surface area contributed by atoms with Gasteiger partial charge in [0.15, 0.2) is 0 Å². The van der Waals surface area contributed by atoms with Gasteiger partial charge in [-0.25, -0.2) is 9.37 Å². The highest BCUT2D eigenvalue weighted by Gasteiger charge is 2.13. The van der Waals surface area contributed by atoms with Gasteiger partial charge in [0.2, 0.25) is 5.89 Å². The van der Waals surface area contributed by atoms with Gasteiger partial charge in [0.1, 0.15) is 12.1 Å². The fourth-order valence-corrected chi connectivity index (χ4v) is 2.06. The Morgan fingerprint density at radius 3 is 2.71 bits per heavy atom. The summed E-state index contributed by atoms with van der Waals surface area (Å²) in [7, 11) is 0. The first kappa shape index (κ1) is 15.2. The summed E-state index contributed by atoms with van der Waals surface area (Å²) in [5.41, 5.74) is 1.34. The molecule has 1 N–H and O–H groups in total. The van der Waals surface area contributed by atoms with E-state index >= 15 is 0 Å². The molecule has 0 aliphatic heterocycles. The van der Waals surface area contributed by atoms with Crippen molar-refractivity contribution in [3.8, 4) is 11.5 Å². The standard InChI is InChI=1S/C15H17FN2O3/c1-2-7-18(9-14(19)20)8-13-10-21-15(17-13)11-3-5-12(16)6-4-11/h3-6,10H,2,7-9H2,1H3,(H,19,20). The minimum atomic E-state index is -0.870. The molecule has 0 saturated carbocycles. The first-order valence-corrected chi connectivity index (χ1v) is 6.73. The maximum atomic E-state index is 12.9. The van der Waals surface area contributed by atoms with Gasteiger partial charge in [-0.1, -0.05) is 6.92 Å². The number of oxazole rings is 1. The lowest BCUT2D eigenvalue weighted by atomic mass is 10.2. The van der Waals surface area contributed by atoms with Gasteiger partial charge in [0, 0.05) is 12.1 Å². The summed E-state index contributed by atoms with van der Waals surface area (Å²) in [4.78, 5) is 16.9. The zero-order valence-electron chi connectivity index (χ0n) is 11.8. The third-order valence-electron chi connectivity index (χ3n) is 2.93. The molecular weight excluding hydrogens is 275 g/mol. The number of carboxylic acids is 1. The third-order valence-corrected chi connectivity index (χ3v) is 2.93. The van der Waals surface area contributed by atoms with Crippen LogP contribution in [0.5, 0.6) is 0 Å². The van der Waals surface area contributed by atoms with Crippen LogP contribution in [0.2, 0.25) is 0 Å². The summed E-state index contributed by atoms with van der Waals surface area (Å²) < 4.78 is 18.2. The van der Waals surface area contributed by atoms with Crippen LogP contribution in [-0.4, -0.2) is 34.0 Å². The molecule has 0 bridgehead atoms. The van der Waals surface area contributed by atoms with E-state index in [1.165, 1.54) is 18.4 Å². The lowest BCUT2D eigenvalue weighted by molar-refractivity contribution is -0.138. The molecule has 1 aromatic heterocycles. The first-order valence-electron chi connectivity index (χ1n) is 6.73. The molecule has 2 aromatic rings. The van der Waals surface area contributed by atoms with E-state index in [0.717, 1.165) is 6.42 Å². The number of carbonyl (C=O) groups is 1. The molecule has 1 heterocycles. The highest BCUT2D eigenvalue weighted by atomic mass is 19.1. The van der Waals surface area contributed by atoms with Gasteiger partial charge in [-0.3, -0.25) is 9.69 Å². The maximum Gasteiger partial charge on any atom is 0.317 e. The zero-order chi connectivity index (χ0) is 15.2. The fourth-order valence-electron chi connectivity index (χ4n) is 2.06. The van der Waals surface area contributed by atoms with E-state index < -0.39 is 5.97 Å². The number of hydrogen-bond donors (Lipinski definition) is 1. The second-order valence-electron chi connectivity index (χ2n) is 4.76. The molecule has 6 heteroatoms. The number of hydrogen-bond acceptors (Lipinski definition) is 4. The van der Waals surface area contributed by atoms with Gasteiger partial charge < -0.3 is 9.52 Å². The average molecular weight is 292 g/mol. The maximum absolute atomic E-state index is 12.9. The summed E-state index contributed by atoms with van der Waals surface area (Å²) in [5.74, 6) is -0.788. The van der Waals surface area contributed by atoms with E-state index in [9.17, 15) is 9.18 Å². The van der Waals surface area contributed by atoms with E-state index in [-0.39, 0.29) is 12.4 Å². The second-order valence-corrected chi connectivity index (χ2v) is 4.76. The molecule has 5 nitrogen and oxygen atoms in total. The average Bonchev–Trinajstić information content (AvgIpc) is 2.87. The van der Waals surface area contributed by atoms with Crippen molar-refractivity contribution >= 4 is 5.97 Å². The first-order chi connectivity index (χ1) is 10.1.